The minimum absolute atomic E-state index is 0.0132. The molecule has 7 heteroatoms. The molecule has 0 radical (unpaired) electrons. The Morgan fingerprint density at radius 1 is 0.842 bits per heavy atom. The molecule has 2 aliphatic carbocycles. The molecular weight excluding hydrogens is 474 g/mol. The van der Waals surface area contributed by atoms with E-state index < -0.39 is 0 Å². The molecule has 4 atom stereocenters. The smallest absolute Gasteiger partial charge is 0.253 e. The molecule has 0 unspecified atom stereocenters. The fourth-order valence-electron chi connectivity index (χ4n) is 6.91. The highest BCUT2D eigenvalue weighted by atomic mass is 16.5. The molecule has 7 nitrogen and oxygen atoms in total. The van der Waals surface area contributed by atoms with Crippen LogP contribution < -0.4 is 15.8 Å². The first-order valence-corrected chi connectivity index (χ1v) is 15.6. The van der Waals surface area contributed by atoms with Crippen LogP contribution in [0, 0.1) is 11.8 Å². The van der Waals surface area contributed by atoms with E-state index in [1.165, 1.54) is 116 Å². The molecule has 1 aromatic heterocycles. The van der Waals surface area contributed by atoms with Crippen molar-refractivity contribution in [2.75, 3.05) is 46.4 Å². The highest BCUT2D eigenvalue weighted by molar-refractivity contribution is 5.94. The summed E-state index contributed by atoms with van der Waals surface area (Å²) in [6, 6.07) is 4.30. The van der Waals surface area contributed by atoms with Crippen molar-refractivity contribution >= 4 is 5.91 Å². The molecule has 5 rings (SSSR count). The Labute approximate surface area is 231 Å². The Morgan fingerprint density at radius 3 is 2.00 bits per heavy atom. The zero-order valence-corrected chi connectivity index (χ0v) is 23.9. The summed E-state index contributed by atoms with van der Waals surface area (Å²) in [5.74, 6) is 1.89. The lowest BCUT2D eigenvalue weighted by Gasteiger charge is -2.37. The van der Waals surface area contributed by atoms with E-state index in [2.05, 4.69) is 20.1 Å². The quantitative estimate of drug-likeness (QED) is 0.527. The molecule has 2 aliphatic heterocycles. The number of nitrogens with two attached hydrogens (primary N) is 1. The zero-order chi connectivity index (χ0) is 26.6. The van der Waals surface area contributed by atoms with Crippen molar-refractivity contribution in [1.29, 1.82) is 0 Å². The maximum atomic E-state index is 12.5. The lowest BCUT2D eigenvalue weighted by Crippen LogP contribution is -2.47. The number of nitrogens with zero attached hydrogens (tertiary/aromatic N) is 3. The standard InChI is InChI=1S/C19H29N3O2.C12H24N2/c1-24-18-10-9-15(13-20-18)19(23)21-17-8-4-3-7-16(17)14-22-11-5-2-6-12-22;13-12-7-3-2-6-11(12)10-14-8-4-1-5-9-14/h9-10,13,16-17H,2-8,11-12,14H2,1H3,(H,21,23);11-12H,1-10,13H2/t16-,17+;11-,12+/m00/s1. The van der Waals surface area contributed by atoms with Crippen LogP contribution in [0.5, 0.6) is 5.88 Å². The number of hydrogen-bond donors (Lipinski definition) is 2. The third-order valence-corrected chi connectivity index (χ3v) is 9.28. The first-order chi connectivity index (χ1) is 18.6. The summed E-state index contributed by atoms with van der Waals surface area (Å²) >= 11 is 0. The zero-order valence-electron chi connectivity index (χ0n) is 23.9. The number of likely N-dealkylation sites (tertiary alicyclic amines) is 2. The Balaban J connectivity index is 0.000000204. The second-order valence-corrected chi connectivity index (χ2v) is 12.1. The van der Waals surface area contributed by atoms with Gasteiger partial charge in [0.05, 0.1) is 12.7 Å². The van der Waals surface area contributed by atoms with Crippen LogP contribution in [0.3, 0.4) is 0 Å². The van der Waals surface area contributed by atoms with E-state index in [9.17, 15) is 4.79 Å². The maximum absolute atomic E-state index is 12.5. The van der Waals surface area contributed by atoms with Gasteiger partial charge < -0.3 is 25.6 Å². The Bertz CT molecular complexity index is 807. The summed E-state index contributed by atoms with van der Waals surface area (Å²) in [4.78, 5) is 21.9. The van der Waals surface area contributed by atoms with Gasteiger partial charge in [-0.25, -0.2) is 4.98 Å². The van der Waals surface area contributed by atoms with Gasteiger partial charge in [-0.1, -0.05) is 38.5 Å². The third kappa shape index (κ3) is 9.20. The van der Waals surface area contributed by atoms with Crippen LogP contribution >= 0.6 is 0 Å². The van der Waals surface area contributed by atoms with Gasteiger partial charge in [0, 0.05) is 37.4 Å². The summed E-state index contributed by atoms with van der Waals surface area (Å²) in [6.07, 6.45) is 20.1. The number of rotatable bonds is 7. The Hall–Kier alpha value is -1.70. The molecule has 38 heavy (non-hydrogen) atoms. The fraction of sp³-hybridized carbons (Fsp3) is 0.806. The van der Waals surface area contributed by atoms with Crippen LogP contribution in [0.25, 0.3) is 0 Å². The summed E-state index contributed by atoms with van der Waals surface area (Å²) in [5.41, 5.74) is 6.78. The molecule has 3 heterocycles. The predicted molar refractivity (Wildman–Crippen MR) is 155 cm³/mol. The number of methoxy groups -OCH3 is 1. The van der Waals surface area contributed by atoms with E-state index in [1.807, 2.05) is 0 Å². The molecule has 2 saturated heterocycles. The lowest BCUT2D eigenvalue weighted by atomic mass is 9.83. The summed E-state index contributed by atoms with van der Waals surface area (Å²) < 4.78 is 5.05. The summed E-state index contributed by atoms with van der Waals surface area (Å²) in [6.45, 7) is 7.50. The van der Waals surface area contributed by atoms with Gasteiger partial charge in [0.1, 0.15) is 0 Å². The van der Waals surface area contributed by atoms with Gasteiger partial charge in [-0.15, -0.1) is 0 Å². The molecule has 1 aromatic rings. The number of aromatic nitrogens is 1. The van der Waals surface area contributed by atoms with Crippen molar-refractivity contribution < 1.29 is 9.53 Å². The Kier molecular flexibility index (Phi) is 12.2. The van der Waals surface area contributed by atoms with E-state index in [0.29, 0.717) is 23.4 Å². The Morgan fingerprint density at radius 2 is 1.42 bits per heavy atom. The molecule has 0 spiro atoms. The normalized spacial score (nSPS) is 29.1. The second-order valence-electron chi connectivity index (χ2n) is 12.1. The van der Waals surface area contributed by atoms with Gasteiger partial charge in [0.25, 0.3) is 5.91 Å². The van der Waals surface area contributed by atoms with Crippen molar-refractivity contribution in [3.05, 3.63) is 23.9 Å². The molecule has 0 bridgehead atoms. The van der Waals surface area contributed by atoms with Gasteiger partial charge in [-0.2, -0.15) is 0 Å². The number of nitrogens with one attached hydrogen (secondary N) is 1. The minimum Gasteiger partial charge on any atom is -0.481 e. The molecule has 4 aliphatic rings. The van der Waals surface area contributed by atoms with Crippen molar-refractivity contribution in [2.45, 2.75) is 102 Å². The van der Waals surface area contributed by atoms with Gasteiger partial charge in [-0.05, 0) is 95.4 Å². The fourth-order valence-corrected chi connectivity index (χ4v) is 6.91. The van der Waals surface area contributed by atoms with Gasteiger partial charge in [0.15, 0.2) is 0 Å². The SMILES string of the molecule is COc1ccc(C(=O)N[C@@H]2CCCC[C@H]2CN2CCCCC2)cn1.N[C@@H]1CCCC[C@H]1CN1CCCCC1. The second kappa shape index (κ2) is 15.8. The molecule has 214 valence electrons. The predicted octanol–water partition coefficient (Wildman–Crippen LogP) is 4.85. The average molecular weight is 528 g/mol. The third-order valence-electron chi connectivity index (χ3n) is 9.28. The number of hydrogen-bond acceptors (Lipinski definition) is 6. The average Bonchev–Trinajstić information content (AvgIpc) is 2.97. The van der Waals surface area contributed by atoms with E-state index in [4.69, 9.17) is 10.5 Å². The van der Waals surface area contributed by atoms with Gasteiger partial charge >= 0.3 is 0 Å². The van der Waals surface area contributed by atoms with E-state index in [-0.39, 0.29) is 11.9 Å². The van der Waals surface area contributed by atoms with Crippen LogP contribution in [-0.2, 0) is 0 Å². The van der Waals surface area contributed by atoms with E-state index in [0.717, 1.165) is 18.9 Å². The molecule has 0 aromatic carbocycles. The summed E-state index contributed by atoms with van der Waals surface area (Å²) in [5, 5.41) is 3.27. The van der Waals surface area contributed by atoms with Crippen LogP contribution in [0.1, 0.15) is 100 Å². The largest absolute Gasteiger partial charge is 0.481 e. The minimum atomic E-state index is -0.0132. The van der Waals surface area contributed by atoms with Crippen molar-refractivity contribution in [1.82, 2.24) is 20.1 Å². The lowest BCUT2D eigenvalue weighted by molar-refractivity contribution is 0.0877. The van der Waals surface area contributed by atoms with Crippen molar-refractivity contribution in [3.8, 4) is 5.88 Å². The molecule has 1 amide bonds. The highest BCUT2D eigenvalue weighted by Gasteiger charge is 2.29. The van der Waals surface area contributed by atoms with Crippen LogP contribution in [0.15, 0.2) is 18.3 Å². The van der Waals surface area contributed by atoms with Crippen molar-refractivity contribution in [2.24, 2.45) is 17.6 Å². The van der Waals surface area contributed by atoms with Crippen LogP contribution in [0.2, 0.25) is 0 Å². The van der Waals surface area contributed by atoms with Crippen molar-refractivity contribution in [3.63, 3.8) is 0 Å². The topological polar surface area (TPSA) is 83.7 Å². The summed E-state index contributed by atoms with van der Waals surface area (Å²) in [7, 11) is 1.58. The van der Waals surface area contributed by atoms with E-state index >= 15 is 0 Å². The number of piperidine rings is 2. The first kappa shape index (κ1) is 29.3. The van der Waals surface area contributed by atoms with Gasteiger partial charge in [0.2, 0.25) is 5.88 Å². The van der Waals surface area contributed by atoms with E-state index in [1.54, 1.807) is 25.4 Å². The monoisotopic (exact) mass is 527 g/mol. The molecule has 2 saturated carbocycles. The van der Waals surface area contributed by atoms with Crippen LogP contribution in [-0.4, -0.2) is 79.2 Å². The number of carbonyl (C=O) groups excluding carboxylic acids is 1. The van der Waals surface area contributed by atoms with Gasteiger partial charge in [-0.3, -0.25) is 4.79 Å². The maximum Gasteiger partial charge on any atom is 0.253 e. The molecule has 4 fully saturated rings. The number of carbonyl (C=O) groups is 1. The number of ether oxygens (including phenoxy) is 1. The molecule has 3 N–H and O–H groups in total. The first-order valence-electron chi connectivity index (χ1n) is 15.6. The number of amides is 1. The van der Waals surface area contributed by atoms with Crippen LogP contribution in [0.4, 0.5) is 0 Å². The highest BCUT2D eigenvalue weighted by Crippen LogP contribution is 2.27. The number of pyridine rings is 1. The molecular formula is C31H53N5O2.